The van der Waals surface area contributed by atoms with Gasteiger partial charge in [-0.1, -0.05) is 29.8 Å². The van der Waals surface area contributed by atoms with Gasteiger partial charge in [0.05, 0.1) is 12.7 Å². The minimum atomic E-state index is -0.355. The van der Waals surface area contributed by atoms with Gasteiger partial charge in [-0.3, -0.25) is 4.79 Å². The van der Waals surface area contributed by atoms with E-state index in [0.717, 1.165) is 31.4 Å². The van der Waals surface area contributed by atoms with Gasteiger partial charge < -0.3 is 20.1 Å². The summed E-state index contributed by atoms with van der Waals surface area (Å²) in [7, 11) is 1.52. The molecule has 1 aliphatic carbocycles. The van der Waals surface area contributed by atoms with Crippen LogP contribution in [0.2, 0.25) is 4.34 Å². The molecule has 0 spiro atoms. The van der Waals surface area contributed by atoms with Crippen LogP contribution in [0, 0.1) is 5.41 Å². The zero-order valence-electron chi connectivity index (χ0n) is 18.8. The highest BCUT2D eigenvalue weighted by molar-refractivity contribution is 7.99. The first-order valence-electron chi connectivity index (χ1n) is 11.2. The first kappa shape index (κ1) is 24.2. The number of hydrogen-bond donors (Lipinski definition) is 2. The van der Waals surface area contributed by atoms with Gasteiger partial charge in [0.2, 0.25) is 0 Å². The standard InChI is InChI=1S/C24H29ClN2O4S2/c1-3-26-23(29)31-15-8-10-24(11-9-15,18-13-32-19-7-5-4-6-16(18)19)14-27-22(28)17-12-33-21(25)20(17)30-2/h4-7,12,15,18H,3,8-11,13-14H2,1-2H3,(H,26,29)(H,27,28)/t15-,18?,24+. The van der Waals surface area contributed by atoms with Crippen LogP contribution in [-0.4, -0.2) is 44.1 Å². The Bertz CT molecular complexity index is 1000. The molecular formula is C24H29ClN2O4S2. The first-order chi connectivity index (χ1) is 16.0. The van der Waals surface area contributed by atoms with Crippen LogP contribution in [0.5, 0.6) is 5.75 Å². The Morgan fingerprint density at radius 3 is 2.70 bits per heavy atom. The van der Waals surface area contributed by atoms with Crippen molar-refractivity contribution in [2.45, 2.75) is 49.5 Å². The molecule has 0 saturated heterocycles. The fourth-order valence-electron chi connectivity index (χ4n) is 4.96. The lowest BCUT2D eigenvalue weighted by molar-refractivity contribution is 0.0294. The van der Waals surface area contributed by atoms with Crippen LogP contribution in [0.3, 0.4) is 0 Å². The summed E-state index contributed by atoms with van der Waals surface area (Å²) in [5.74, 6) is 1.57. The zero-order valence-corrected chi connectivity index (χ0v) is 21.2. The van der Waals surface area contributed by atoms with E-state index in [1.54, 1.807) is 5.38 Å². The molecule has 2 aromatic rings. The molecule has 2 aliphatic rings. The molecule has 4 rings (SSSR count). The maximum absolute atomic E-state index is 13.0. The highest BCUT2D eigenvalue weighted by Gasteiger charge is 2.46. The second-order valence-electron chi connectivity index (χ2n) is 8.54. The van der Waals surface area contributed by atoms with E-state index in [-0.39, 0.29) is 23.5 Å². The topological polar surface area (TPSA) is 76.7 Å². The number of amides is 2. The number of benzene rings is 1. The average Bonchev–Trinajstić information content (AvgIpc) is 3.42. The van der Waals surface area contributed by atoms with Crippen molar-refractivity contribution < 1.29 is 19.1 Å². The minimum absolute atomic E-state index is 0.0968. The van der Waals surface area contributed by atoms with Crippen LogP contribution in [0.25, 0.3) is 0 Å². The van der Waals surface area contributed by atoms with Gasteiger partial charge in [0.25, 0.3) is 5.91 Å². The summed E-state index contributed by atoms with van der Waals surface area (Å²) in [4.78, 5) is 26.3. The van der Waals surface area contributed by atoms with Gasteiger partial charge >= 0.3 is 6.09 Å². The summed E-state index contributed by atoms with van der Waals surface area (Å²) in [6.07, 6.45) is 2.86. The smallest absolute Gasteiger partial charge is 0.407 e. The van der Waals surface area contributed by atoms with Crippen molar-refractivity contribution in [1.82, 2.24) is 10.6 Å². The third kappa shape index (κ3) is 5.12. The summed E-state index contributed by atoms with van der Waals surface area (Å²) in [5.41, 5.74) is 1.72. The predicted molar refractivity (Wildman–Crippen MR) is 133 cm³/mol. The lowest BCUT2D eigenvalue weighted by atomic mass is 9.63. The van der Waals surface area contributed by atoms with Crippen LogP contribution in [0.15, 0.2) is 34.5 Å². The van der Waals surface area contributed by atoms with Gasteiger partial charge in [-0.15, -0.1) is 23.1 Å². The molecule has 2 N–H and O–H groups in total. The van der Waals surface area contributed by atoms with Gasteiger partial charge in [-0.2, -0.15) is 0 Å². The molecule has 1 unspecified atom stereocenters. The molecule has 1 atom stereocenters. The Kier molecular flexibility index (Phi) is 7.76. The van der Waals surface area contributed by atoms with Crippen LogP contribution >= 0.6 is 34.7 Å². The van der Waals surface area contributed by atoms with Gasteiger partial charge in [0.15, 0.2) is 5.75 Å². The molecule has 6 nitrogen and oxygen atoms in total. The maximum Gasteiger partial charge on any atom is 0.407 e. The number of methoxy groups -OCH3 is 1. The van der Waals surface area contributed by atoms with Crippen molar-refractivity contribution in [2.75, 3.05) is 26.0 Å². The molecule has 1 aromatic carbocycles. The van der Waals surface area contributed by atoms with Crippen molar-refractivity contribution in [3.63, 3.8) is 0 Å². The maximum atomic E-state index is 13.0. The summed E-state index contributed by atoms with van der Waals surface area (Å²) in [6.45, 7) is 2.98. The molecule has 0 bridgehead atoms. The minimum Gasteiger partial charge on any atom is -0.493 e. The number of hydrogen-bond acceptors (Lipinski definition) is 6. The Morgan fingerprint density at radius 1 is 1.21 bits per heavy atom. The second kappa shape index (κ2) is 10.6. The summed E-state index contributed by atoms with van der Waals surface area (Å²) < 4.78 is 11.4. The lowest BCUT2D eigenvalue weighted by Crippen LogP contribution is -2.45. The summed E-state index contributed by atoms with van der Waals surface area (Å²) in [6, 6.07) is 8.55. The van der Waals surface area contributed by atoms with Crippen molar-refractivity contribution in [1.29, 1.82) is 0 Å². The Balaban J connectivity index is 1.52. The van der Waals surface area contributed by atoms with E-state index >= 15 is 0 Å². The van der Waals surface area contributed by atoms with Gasteiger partial charge in [-0.25, -0.2) is 4.79 Å². The van der Waals surface area contributed by atoms with E-state index in [4.69, 9.17) is 21.1 Å². The number of ether oxygens (including phenoxy) is 2. The van der Waals surface area contributed by atoms with Crippen LogP contribution in [-0.2, 0) is 4.74 Å². The number of carbonyl (C=O) groups is 2. The molecule has 2 amide bonds. The van der Waals surface area contributed by atoms with Gasteiger partial charge in [0.1, 0.15) is 10.4 Å². The third-order valence-corrected chi connectivity index (χ3v) is 9.08. The molecule has 1 saturated carbocycles. The van der Waals surface area contributed by atoms with E-state index in [9.17, 15) is 9.59 Å². The predicted octanol–water partition coefficient (Wildman–Crippen LogP) is 5.70. The molecule has 178 valence electrons. The summed E-state index contributed by atoms with van der Waals surface area (Å²) in [5, 5.41) is 7.63. The van der Waals surface area contributed by atoms with Crippen LogP contribution in [0.4, 0.5) is 4.79 Å². The molecule has 2 heterocycles. The van der Waals surface area contributed by atoms with E-state index in [0.29, 0.717) is 34.7 Å². The number of rotatable bonds is 7. The van der Waals surface area contributed by atoms with E-state index < -0.39 is 0 Å². The van der Waals surface area contributed by atoms with Crippen molar-refractivity contribution >= 4 is 46.7 Å². The Labute approximate surface area is 207 Å². The molecular weight excluding hydrogens is 480 g/mol. The number of thiophene rings is 1. The molecule has 0 radical (unpaired) electrons. The summed E-state index contributed by atoms with van der Waals surface area (Å²) >= 11 is 9.34. The largest absolute Gasteiger partial charge is 0.493 e. The second-order valence-corrected chi connectivity index (χ2v) is 11.1. The van der Waals surface area contributed by atoms with E-state index in [1.165, 1.54) is 28.9 Å². The number of thioether (sulfide) groups is 1. The highest BCUT2D eigenvalue weighted by atomic mass is 35.5. The number of fused-ring (bicyclic) bond motifs is 1. The number of alkyl carbamates (subject to hydrolysis) is 1. The quantitative estimate of drug-likeness (QED) is 0.501. The molecule has 1 aliphatic heterocycles. The molecule has 9 heteroatoms. The highest BCUT2D eigenvalue weighted by Crippen LogP contribution is 2.54. The number of nitrogens with one attached hydrogen (secondary N) is 2. The lowest BCUT2D eigenvalue weighted by Gasteiger charge is -2.44. The Morgan fingerprint density at radius 2 is 1.97 bits per heavy atom. The number of carbonyl (C=O) groups excluding carboxylic acids is 2. The van der Waals surface area contributed by atoms with Crippen LogP contribution < -0.4 is 15.4 Å². The van der Waals surface area contributed by atoms with Crippen molar-refractivity contribution in [3.8, 4) is 5.75 Å². The monoisotopic (exact) mass is 508 g/mol. The fourth-order valence-corrected chi connectivity index (χ4v) is 7.44. The molecule has 1 fully saturated rings. The zero-order chi connectivity index (χ0) is 23.4. The van der Waals surface area contributed by atoms with Crippen LogP contribution in [0.1, 0.15) is 54.4 Å². The van der Waals surface area contributed by atoms with E-state index in [2.05, 4.69) is 34.9 Å². The average molecular weight is 509 g/mol. The van der Waals surface area contributed by atoms with Gasteiger partial charge in [0, 0.05) is 35.0 Å². The number of halogens is 1. The Hall–Kier alpha value is -1.90. The first-order valence-corrected chi connectivity index (χ1v) is 13.5. The third-order valence-electron chi connectivity index (χ3n) is 6.72. The van der Waals surface area contributed by atoms with Crippen molar-refractivity contribution in [2.24, 2.45) is 5.41 Å². The van der Waals surface area contributed by atoms with E-state index in [1.807, 2.05) is 18.7 Å². The fraction of sp³-hybridized carbons (Fsp3) is 0.500. The SMILES string of the molecule is CCNC(=O)O[C@H]1CC[C@@](CNC(=O)c2csc(Cl)c2OC)(C2CSc3ccccc32)CC1. The normalized spacial score (nSPS) is 24.1. The molecule has 1 aromatic heterocycles. The van der Waals surface area contributed by atoms with Gasteiger partial charge in [-0.05, 0) is 49.7 Å². The van der Waals surface area contributed by atoms with Crippen molar-refractivity contribution in [3.05, 3.63) is 45.1 Å². The molecule has 33 heavy (non-hydrogen) atoms.